The number of benzene rings is 1. The average Bonchev–Trinajstić information content (AvgIpc) is 3.52. The van der Waals surface area contributed by atoms with E-state index in [1.54, 1.807) is 23.7 Å². The van der Waals surface area contributed by atoms with E-state index in [0.717, 1.165) is 26.5 Å². The molecule has 0 saturated carbocycles. The molecule has 2 N–H and O–H groups in total. The second-order valence-corrected chi connectivity index (χ2v) is 8.23. The van der Waals surface area contributed by atoms with Crippen LogP contribution in [0.5, 0.6) is 0 Å². The van der Waals surface area contributed by atoms with Crippen LogP contribution in [0.2, 0.25) is 0 Å². The Morgan fingerprint density at radius 3 is 2.87 bits per heavy atom. The lowest BCUT2D eigenvalue weighted by atomic mass is 10.2. The van der Waals surface area contributed by atoms with Crippen LogP contribution in [0.1, 0.15) is 5.76 Å². The summed E-state index contributed by atoms with van der Waals surface area (Å²) in [6.07, 6.45) is 3.44. The van der Waals surface area contributed by atoms with Crippen LogP contribution in [0, 0.1) is 0 Å². The van der Waals surface area contributed by atoms with E-state index in [4.69, 9.17) is 4.42 Å². The van der Waals surface area contributed by atoms with Gasteiger partial charge in [0, 0.05) is 23.3 Å². The molecule has 7 nitrogen and oxygen atoms in total. The first-order valence-corrected chi connectivity index (χ1v) is 10.8. The van der Waals surface area contributed by atoms with Gasteiger partial charge in [-0.2, -0.15) is 0 Å². The first-order chi connectivity index (χ1) is 14.7. The molecule has 148 valence electrons. The second-order valence-electron chi connectivity index (χ2n) is 6.34. The smallest absolute Gasteiger partial charge is 0.321 e. The highest BCUT2D eigenvalue weighted by atomic mass is 32.1. The van der Waals surface area contributed by atoms with Crippen LogP contribution in [0.3, 0.4) is 0 Å². The van der Waals surface area contributed by atoms with Crippen molar-refractivity contribution in [2.75, 3.05) is 5.32 Å². The lowest BCUT2D eigenvalue weighted by Crippen LogP contribution is -2.27. The van der Waals surface area contributed by atoms with Crippen molar-refractivity contribution in [2.24, 2.45) is 0 Å². The Bertz CT molecular complexity index is 1280. The molecule has 0 bridgehead atoms. The number of aromatic nitrogens is 3. The molecule has 5 rings (SSSR count). The monoisotopic (exact) mass is 433 g/mol. The molecule has 4 aromatic heterocycles. The highest BCUT2D eigenvalue weighted by molar-refractivity contribution is 7.21. The summed E-state index contributed by atoms with van der Waals surface area (Å²) in [6.45, 7) is 0.261. The molecular formula is C21H15N5O2S2. The van der Waals surface area contributed by atoms with Gasteiger partial charge in [-0.3, -0.25) is 10.3 Å². The van der Waals surface area contributed by atoms with Gasteiger partial charge in [-0.1, -0.05) is 12.1 Å². The van der Waals surface area contributed by atoms with E-state index in [-0.39, 0.29) is 12.6 Å². The molecule has 5 aromatic rings. The molecule has 0 spiro atoms. The Kier molecular flexibility index (Phi) is 4.96. The Hall–Kier alpha value is -3.56. The van der Waals surface area contributed by atoms with Gasteiger partial charge in [0.25, 0.3) is 0 Å². The van der Waals surface area contributed by atoms with E-state index < -0.39 is 0 Å². The van der Waals surface area contributed by atoms with Gasteiger partial charge >= 0.3 is 6.03 Å². The quantitative estimate of drug-likeness (QED) is 0.387. The highest BCUT2D eigenvalue weighted by Crippen LogP contribution is 2.31. The first-order valence-electron chi connectivity index (χ1n) is 9.10. The summed E-state index contributed by atoms with van der Waals surface area (Å²) in [5.41, 5.74) is 2.62. The maximum atomic E-state index is 12.2. The predicted molar refractivity (Wildman–Crippen MR) is 119 cm³/mol. The van der Waals surface area contributed by atoms with Crippen molar-refractivity contribution < 1.29 is 9.21 Å². The predicted octanol–water partition coefficient (Wildman–Crippen LogP) is 5.40. The number of nitrogens with zero attached hydrogens (tertiary/aromatic N) is 3. The summed E-state index contributed by atoms with van der Waals surface area (Å²) >= 11 is 2.93. The number of anilines is 1. The number of rotatable bonds is 5. The normalized spacial score (nSPS) is 10.9. The molecule has 2 amide bonds. The van der Waals surface area contributed by atoms with Gasteiger partial charge < -0.3 is 9.73 Å². The molecule has 0 saturated heterocycles. The number of nitrogens with one attached hydrogen (secondary N) is 2. The molecule has 1 aromatic carbocycles. The summed E-state index contributed by atoms with van der Waals surface area (Å²) in [5.74, 6) is 1.34. The van der Waals surface area contributed by atoms with Gasteiger partial charge in [0.2, 0.25) is 0 Å². The van der Waals surface area contributed by atoms with Gasteiger partial charge in [-0.15, -0.1) is 22.7 Å². The van der Waals surface area contributed by atoms with E-state index in [2.05, 4.69) is 25.6 Å². The number of fused-ring (bicyclic) bond motifs is 1. The van der Waals surface area contributed by atoms with Crippen LogP contribution in [0.4, 0.5) is 9.93 Å². The number of furan rings is 1. The minimum absolute atomic E-state index is 0.261. The SMILES string of the molecule is O=C(NCc1ccc(-c2nc3ccccc3s2)o1)Nc1nc(-c2cccnc2)cs1. The number of para-hydroxylation sites is 1. The topological polar surface area (TPSA) is 92.9 Å². The fourth-order valence-electron chi connectivity index (χ4n) is 2.85. The third-order valence-corrected chi connectivity index (χ3v) is 6.08. The molecule has 4 heterocycles. The van der Waals surface area contributed by atoms with Crippen molar-refractivity contribution in [1.29, 1.82) is 0 Å². The number of amides is 2. The molecule has 9 heteroatoms. The van der Waals surface area contributed by atoms with Crippen molar-refractivity contribution in [3.05, 3.63) is 72.1 Å². The lowest BCUT2D eigenvalue weighted by Gasteiger charge is -2.03. The van der Waals surface area contributed by atoms with Crippen molar-refractivity contribution in [2.45, 2.75) is 6.54 Å². The Labute approximate surface area is 179 Å². The van der Waals surface area contributed by atoms with Gasteiger partial charge in [0.15, 0.2) is 15.9 Å². The molecule has 30 heavy (non-hydrogen) atoms. The molecular weight excluding hydrogens is 418 g/mol. The van der Waals surface area contributed by atoms with Crippen LogP contribution in [0.25, 0.3) is 32.2 Å². The van der Waals surface area contributed by atoms with Crippen molar-refractivity contribution >= 4 is 44.1 Å². The van der Waals surface area contributed by atoms with Crippen LogP contribution in [-0.2, 0) is 6.54 Å². The molecule has 0 radical (unpaired) electrons. The lowest BCUT2D eigenvalue weighted by molar-refractivity contribution is 0.251. The Balaban J connectivity index is 1.20. The van der Waals surface area contributed by atoms with E-state index in [1.165, 1.54) is 11.3 Å². The zero-order valence-electron chi connectivity index (χ0n) is 15.5. The number of urea groups is 1. The van der Waals surface area contributed by atoms with E-state index >= 15 is 0 Å². The number of thiazole rings is 2. The molecule has 0 fully saturated rings. The third-order valence-electron chi connectivity index (χ3n) is 4.27. The Morgan fingerprint density at radius 1 is 1.07 bits per heavy atom. The maximum Gasteiger partial charge on any atom is 0.321 e. The fourth-order valence-corrected chi connectivity index (χ4v) is 4.49. The van der Waals surface area contributed by atoms with Crippen LogP contribution >= 0.6 is 22.7 Å². The van der Waals surface area contributed by atoms with Gasteiger partial charge in [-0.05, 0) is 36.4 Å². The molecule has 0 unspecified atom stereocenters. The zero-order valence-corrected chi connectivity index (χ0v) is 17.2. The van der Waals surface area contributed by atoms with E-state index in [1.807, 2.05) is 53.9 Å². The summed E-state index contributed by atoms with van der Waals surface area (Å²) in [5, 5.41) is 8.74. The number of carbonyl (C=O) groups excluding carboxylic acids is 1. The van der Waals surface area contributed by atoms with Crippen LogP contribution in [0.15, 0.2) is 70.7 Å². The third kappa shape index (κ3) is 3.93. The molecule has 0 aliphatic heterocycles. The minimum atomic E-state index is -0.347. The average molecular weight is 434 g/mol. The van der Waals surface area contributed by atoms with E-state index in [9.17, 15) is 4.79 Å². The van der Waals surface area contributed by atoms with Crippen LogP contribution in [-0.4, -0.2) is 21.0 Å². The summed E-state index contributed by atoms with van der Waals surface area (Å²) in [7, 11) is 0. The zero-order chi connectivity index (χ0) is 20.3. The second kappa shape index (κ2) is 8.05. The number of pyridine rings is 1. The van der Waals surface area contributed by atoms with Gasteiger partial charge in [0.05, 0.1) is 22.5 Å². The van der Waals surface area contributed by atoms with Gasteiger partial charge in [0.1, 0.15) is 5.76 Å². The number of hydrogen-bond donors (Lipinski definition) is 2. The van der Waals surface area contributed by atoms with Gasteiger partial charge in [-0.25, -0.2) is 14.8 Å². The number of carbonyl (C=O) groups is 1. The summed E-state index contributed by atoms with van der Waals surface area (Å²) < 4.78 is 6.96. The fraction of sp³-hybridized carbons (Fsp3) is 0.0476. The standard InChI is InChI=1S/C21H15N5O2S2/c27-20(26-21-25-16(12-29-21)13-4-3-9-22-10-13)23-11-14-7-8-17(28-14)19-24-15-5-1-2-6-18(15)30-19/h1-10,12H,11H2,(H2,23,25,26,27). The molecule has 0 aliphatic carbocycles. The molecule has 0 aliphatic rings. The van der Waals surface area contributed by atoms with Crippen molar-refractivity contribution in [1.82, 2.24) is 20.3 Å². The van der Waals surface area contributed by atoms with Crippen molar-refractivity contribution in [3.63, 3.8) is 0 Å². The molecule has 0 atom stereocenters. The van der Waals surface area contributed by atoms with E-state index in [0.29, 0.717) is 16.7 Å². The maximum absolute atomic E-state index is 12.2. The Morgan fingerprint density at radius 2 is 2.00 bits per heavy atom. The summed E-state index contributed by atoms with van der Waals surface area (Å²) in [4.78, 5) is 25.3. The summed E-state index contributed by atoms with van der Waals surface area (Å²) in [6, 6.07) is 15.1. The minimum Gasteiger partial charge on any atom is -0.457 e. The first kappa shape index (κ1) is 18.5. The van der Waals surface area contributed by atoms with Crippen LogP contribution < -0.4 is 10.6 Å². The van der Waals surface area contributed by atoms with Crippen molar-refractivity contribution in [3.8, 4) is 22.0 Å². The largest absolute Gasteiger partial charge is 0.457 e. The highest BCUT2D eigenvalue weighted by Gasteiger charge is 2.12. The number of hydrogen-bond acceptors (Lipinski definition) is 7.